The van der Waals surface area contributed by atoms with Crippen LogP contribution in [0.3, 0.4) is 0 Å². The normalized spacial score (nSPS) is 18.8. The molecule has 1 aliphatic carbocycles. The van der Waals surface area contributed by atoms with Gasteiger partial charge >= 0.3 is 0 Å². The fraction of sp³-hybridized carbons (Fsp3) is 0.552. The van der Waals surface area contributed by atoms with Crippen molar-refractivity contribution in [1.29, 1.82) is 5.26 Å². The predicted octanol–water partition coefficient (Wildman–Crippen LogP) is 8.29. The summed E-state index contributed by atoms with van der Waals surface area (Å²) < 4.78 is 0. The van der Waals surface area contributed by atoms with Gasteiger partial charge < -0.3 is 0 Å². The lowest BCUT2D eigenvalue weighted by Gasteiger charge is -2.29. The highest BCUT2D eigenvalue weighted by Gasteiger charge is 2.22. The topological polar surface area (TPSA) is 23.8 Å². The van der Waals surface area contributed by atoms with Gasteiger partial charge in [-0.15, -0.1) is 0 Å². The molecule has 0 bridgehead atoms. The molecule has 1 fully saturated rings. The van der Waals surface area contributed by atoms with Gasteiger partial charge in [-0.25, -0.2) is 0 Å². The molecule has 0 amide bonds. The molecule has 0 spiro atoms. The minimum absolute atomic E-state index is 0.741. The third kappa shape index (κ3) is 6.73. The van der Waals surface area contributed by atoms with E-state index in [0.29, 0.717) is 0 Å². The Morgan fingerprint density at radius 3 is 2.27 bits per heavy atom. The minimum atomic E-state index is 0.741. The van der Waals surface area contributed by atoms with Gasteiger partial charge in [0.25, 0.3) is 0 Å². The second kappa shape index (κ2) is 11.9. The summed E-state index contributed by atoms with van der Waals surface area (Å²) in [5.41, 5.74) is 6.52. The molecule has 1 heteroatoms. The van der Waals surface area contributed by atoms with Gasteiger partial charge in [0.15, 0.2) is 0 Å². The van der Waals surface area contributed by atoms with E-state index in [-0.39, 0.29) is 0 Å². The highest BCUT2D eigenvalue weighted by Crippen LogP contribution is 2.38. The molecule has 30 heavy (non-hydrogen) atoms. The zero-order valence-corrected chi connectivity index (χ0v) is 19.1. The fourth-order valence-electron chi connectivity index (χ4n) is 5.10. The van der Waals surface area contributed by atoms with E-state index in [1.54, 1.807) is 5.56 Å². The summed E-state index contributed by atoms with van der Waals surface area (Å²) in [5, 5.41) is 8.94. The van der Waals surface area contributed by atoms with Crippen LogP contribution in [0.2, 0.25) is 0 Å². The zero-order valence-electron chi connectivity index (χ0n) is 19.1. The third-order valence-electron chi connectivity index (χ3n) is 7.17. The van der Waals surface area contributed by atoms with Crippen molar-refractivity contribution in [2.75, 3.05) is 0 Å². The number of nitriles is 1. The third-order valence-corrected chi connectivity index (χ3v) is 7.17. The lowest BCUT2D eigenvalue weighted by atomic mass is 9.76. The summed E-state index contributed by atoms with van der Waals surface area (Å²) in [5.74, 6) is 1.75. The number of rotatable bonds is 10. The van der Waals surface area contributed by atoms with E-state index in [1.165, 1.54) is 80.9 Å². The number of benzene rings is 2. The first-order chi connectivity index (χ1) is 14.7. The monoisotopic (exact) mass is 401 g/mol. The Labute approximate surface area is 184 Å². The van der Waals surface area contributed by atoms with Gasteiger partial charge in [-0.2, -0.15) is 5.26 Å². The molecule has 3 rings (SSSR count). The molecule has 1 nitrogen and oxygen atoms in total. The zero-order chi connectivity index (χ0) is 21.2. The Bertz CT molecular complexity index is 803. The van der Waals surface area contributed by atoms with E-state index in [4.69, 9.17) is 5.26 Å². The van der Waals surface area contributed by atoms with Gasteiger partial charge in [0.1, 0.15) is 0 Å². The Morgan fingerprint density at radius 2 is 1.60 bits per heavy atom. The molecular weight excluding hydrogens is 362 g/mol. The second-order valence-electron chi connectivity index (χ2n) is 9.42. The predicted molar refractivity (Wildman–Crippen MR) is 128 cm³/mol. The largest absolute Gasteiger partial charge is 0.192 e. The first kappa shape index (κ1) is 22.6. The lowest BCUT2D eigenvalue weighted by molar-refractivity contribution is 0.302. The molecule has 0 atom stereocenters. The molecular formula is C29H39N. The maximum atomic E-state index is 8.94. The van der Waals surface area contributed by atoms with Crippen LogP contribution in [0.1, 0.15) is 105 Å². The molecule has 0 aromatic heterocycles. The van der Waals surface area contributed by atoms with E-state index in [9.17, 15) is 0 Å². The summed E-state index contributed by atoms with van der Waals surface area (Å²) in [4.78, 5) is 0. The summed E-state index contributed by atoms with van der Waals surface area (Å²) in [7, 11) is 0. The number of unbranched alkanes of at least 4 members (excludes halogenated alkanes) is 4. The van der Waals surface area contributed by atoms with Gasteiger partial charge in [0, 0.05) is 0 Å². The molecule has 0 N–H and O–H groups in total. The average molecular weight is 402 g/mol. The van der Waals surface area contributed by atoms with Crippen LogP contribution in [0.25, 0.3) is 0 Å². The highest BCUT2D eigenvalue weighted by molar-refractivity contribution is 5.35. The highest BCUT2D eigenvalue weighted by atomic mass is 14.3. The van der Waals surface area contributed by atoms with Crippen molar-refractivity contribution < 1.29 is 0 Å². The summed E-state index contributed by atoms with van der Waals surface area (Å²) in [6, 6.07) is 17.4. The molecule has 1 saturated carbocycles. The van der Waals surface area contributed by atoms with E-state index in [2.05, 4.69) is 50.2 Å². The standard InChI is InChI=1S/C29H39N/c1-3-4-5-6-7-8-24-14-17-28(18-15-24)29-20-19-27(23(2)21-29)16-13-25-9-11-26(22-30)12-10-25/h9-12,19-21,24,28H,3-8,13-18H2,1-2H3. The molecule has 0 unspecified atom stereocenters. The van der Waals surface area contributed by atoms with Crippen LogP contribution < -0.4 is 0 Å². The molecule has 0 heterocycles. The Hall–Kier alpha value is -2.07. The summed E-state index contributed by atoms with van der Waals surface area (Å²) in [6.07, 6.45) is 16.3. The van der Waals surface area contributed by atoms with Gasteiger partial charge in [-0.3, -0.25) is 0 Å². The minimum Gasteiger partial charge on any atom is -0.192 e. The van der Waals surface area contributed by atoms with Crippen molar-refractivity contribution in [1.82, 2.24) is 0 Å². The number of aryl methyl sites for hydroxylation is 3. The van der Waals surface area contributed by atoms with Crippen LogP contribution in [-0.2, 0) is 12.8 Å². The van der Waals surface area contributed by atoms with Crippen LogP contribution in [0.5, 0.6) is 0 Å². The SMILES string of the molecule is CCCCCCCC1CCC(c2ccc(CCc3ccc(C#N)cc3)c(C)c2)CC1. The first-order valence-electron chi connectivity index (χ1n) is 12.3. The maximum Gasteiger partial charge on any atom is 0.0991 e. The second-order valence-corrected chi connectivity index (χ2v) is 9.42. The van der Waals surface area contributed by atoms with Crippen LogP contribution in [-0.4, -0.2) is 0 Å². The first-order valence-corrected chi connectivity index (χ1v) is 12.3. The number of nitrogens with zero attached hydrogens (tertiary/aromatic N) is 1. The molecule has 2 aromatic carbocycles. The Balaban J connectivity index is 1.45. The maximum absolute atomic E-state index is 8.94. The van der Waals surface area contributed by atoms with Crippen molar-refractivity contribution in [3.05, 3.63) is 70.3 Å². The van der Waals surface area contributed by atoms with Crippen molar-refractivity contribution in [2.24, 2.45) is 5.92 Å². The van der Waals surface area contributed by atoms with Gasteiger partial charge in [-0.05, 0) is 91.7 Å². The van der Waals surface area contributed by atoms with Crippen molar-refractivity contribution >= 4 is 0 Å². The summed E-state index contributed by atoms with van der Waals surface area (Å²) in [6.45, 7) is 4.57. The van der Waals surface area contributed by atoms with Crippen molar-refractivity contribution in [3.63, 3.8) is 0 Å². The lowest BCUT2D eigenvalue weighted by Crippen LogP contribution is -2.13. The Morgan fingerprint density at radius 1 is 0.867 bits per heavy atom. The van der Waals surface area contributed by atoms with Crippen LogP contribution in [0, 0.1) is 24.2 Å². The van der Waals surface area contributed by atoms with E-state index < -0.39 is 0 Å². The Kier molecular flexibility index (Phi) is 9.00. The van der Waals surface area contributed by atoms with Crippen LogP contribution >= 0.6 is 0 Å². The quantitative estimate of drug-likeness (QED) is 0.367. The number of hydrogen-bond donors (Lipinski definition) is 0. The summed E-state index contributed by atoms with van der Waals surface area (Å²) >= 11 is 0. The molecule has 0 radical (unpaired) electrons. The van der Waals surface area contributed by atoms with Crippen LogP contribution in [0.15, 0.2) is 42.5 Å². The fourth-order valence-corrected chi connectivity index (χ4v) is 5.10. The van der Waals surface area contributed by atoms with Gasteiger partial charge in [0.2, 0.25) is 0 Å². The molecule has 2 aromatic rings. The molecule has 0 aliphatic heterocycles. The van der Waals surface area contributed by atoms with E-state index >= 15 is 0 Å². The smallest absolute Gasteiger partial charge is 0.0991 e. The van der Waals surface area contributed by atoms with E-state index in [1.807, 2.05) is 12.1 Å². The molecule has 160 valence electrons. The molecule has 0 saturated heterocycles. The van der Waals surface area contributed by atoms with Crippen molar-refractivity contribution in [2.45, 2.75) is 96.8 Å². The molecule has 1 aliphatic rings. The van der Waals surface area contributed by atoms with Crippen LogP contribution in [0.4, 0.5) is 0 Å². The van der Waals surface area contributed by atoms with Gasteiger partial charge in [0.05, 0.1) is 11.6 Å². The van der Waals surface area contributed by atoms with Crippen molar-refractivity contribution in [3.8, 4) is 6.07 Å². The van der Waals surface area contributed by atoms with Gasteiger partial charge in [-0.1, -0.05) is 75.8 Å². The van der Waals surface area contributed by atoms with E-state index in [0.717, 1.165) is 30.2 Å². The number of hydrogen-bond acceptors (Lipinski definition) is 1. The average Bonchev–Trinajstić information content (AvgIpc) is 2.79.